The molecule has 28 heavy (non-hydrogen) atoms. The van der Waals surface area contributed by atoms with E-state index in [-0.39, 0.29) is 17.4 Å². The molecule has 5 heteroatoms. The van der Waals surface area contributed by atoms with Gasteiger partial charge in [-0.15, -0.1) is 0 Å². The Kier molecular flexibility index (Phi) is 4.20. The number of pyridine rings is 1. The zero-order valence-electron chi connectivity index (χ0n) is 16.3. The van der Waals surface area contributed by atoms with Gasteiger partial charge in [-0.1, -0.05) is 30.3 Å². The summed E-state index contributed by atoms with van der Waals surface area (Å²) in [5, 5.41) is 3.34. The van der Waals surface area contributed by atoms with E-state index in [1.807, 2.05) is 18.2 Å². The molecule has 1 amide bonds. The van der Waals surface area contributed by atoms with Crippen LogP contribution in [0.4, 0.5) is 0 Å². The van der Waals surface area contributed by atoms with Crippen LogP contribution in [0.1, 0.15) is 42.0 Å². The number of aryl methyl sites for hydroxylation is 1. The maximum atomic E-state index is 12.6. The highest BCUT2D eigenvalue weighted by molar-refractivity contribution is 5.87. The number of amides is 1. The van der Waals surface area contributed by atoms with E-state index in [1.54, 1.807) is 0 Å². The number of benzene rings is 1. The average Bonchev–Trinajstić information content (AvgIpc) is 3.24. The summed E-state index contributed by atoms with van der Waals surface area (Å²) >= 11 is 0. The quantitative estimate of drug-likeness (QED) is 0.765. The second kappa shape index (κ2) is 6.74. The molecule has 1 unspecified atom stereocenters. The molecule has 144 valence electrons. The second-order valence-corrected chi connectivity index (χ2v) is 8.41. The SMILES string of the molecule is Cc1ccn2cc(CN3CCC4(CC3)CC(c3ccccc3)C(=O)N4)nc2c1. The first-order chi connectivity index (χ1) is 13.6. The Bertz CT molecular complexity index is 1000. The number of hydrogen-bond acceptors (Lipinski definition) is 3. The topological polar surface area (TPSA) is 49.6 Å². The molecule has 1 atom stereocenters. The summed E-state index contributed by atoms with van der Waals surface area (Å²) in [5.74, 6) is 0.185. The maximum Gasteiger partial charge on any atom is 0.228 e. The highest BCUT2D eigenvalue weighted by Gasteiger charge is 2.46. The van der Waals surface area contributed by atoms with Gasteiger partial charge in [0.05, 0.1) is 11.6 Å². The summed E-state index contributed by atoms with van der Waals surface area (Å²) in [5.41, 5.74) is 4.45. The van der Waals surface area contributed by atoms with E-state index >= 15 is 0 Å². The van der Waals surface area contributed by atoms with Gasteiger partial charge in [0.15, 0.2) is 0 Å². The fourth-order valence-electron chi connectivity index (χ4n) is 4.75. The van der Waals surface area contributed by atoms with Crippen LogP contribution < -0.4 is 5.32 Å². The van der Waals surface area contributed by atoms with E-state index in [0.717, 1.165) is 55.8 Å². The van der Waals surface area contributed by atoms with Crippen LogP contribution in [0.5, 0.6) is 0 Å². The van der Waals surface area contributed by atoms with Crippen LogP contribution in [0.3, 0.4) is 0 Å². The van der Waals surface area contributed by atoms with Crippen molar-refractivity contribution in [3.05, 3.63) is 71.7 Å². The lowest BCUT2D eigenvalue weighted by molar-refractivity contribution is -0.121. The van der Waals surface area contributed by atoms with Crippen LogP contribution in [0, 0.1) is 6.92 Å². The van der Waals surface area contributed by atoms with E-state index in [9.17, 15) is 4.79 Å². The zero-order chi connectivity index (χ0) is 19.1. The van der Waals surface area contributed by atoms with Gasteiger partial charge in [0.1, 0.15) is 5.65 Å². The highest BCUT2D eigenvalue weighted by Crippen LogP contribution is 2.39. The maximum absolute atomic E-state index is 12.6. The Labute approximate surface area is 165 Å². The molecule has 0 radical (unpaired) electrons. The van der Waals surface area contributed by atoms with Gasteiger partial charge in [0.2, 0.25) is 5.91 Å². The van der Waals surface area contributed by atoms with Crippen molar-refractivity contribution in [2.24, 2.45) is 0 Å². The Balaban J connectivity index is 1.24. The minimum absolute atomic E-state index is 0.00516. The fourth-order valence-corrected chi connectivity index (χ4v) is 4.75. The summed E-state index contributed by atoms with van der Waals surface area (Å²) in [6, 6.07) is 14.4. The first kappa shape index (κ1) is 17.4. The van der Waals surface area contributed by atoms with Crippen LogP contribution in [0.15, 0.2) is 54.9 Å². The Morgan fingerprint density at radius 3 is 2.75 bits per heavy atom. The Morgan fingerprint density at radius 1 is 1.18 bits per heavy atom. The van der Waals surface area contributed by atoms with E-state index in [0.29, 0.717) is 0 Å². The Hall–Kier alpha value is -2.66. The van der Waals surface area contributed by atoms with Gasteiger partial charge in [-0.2, -0.15) is 0 Å². The summed E-state index contributed by atoms with van der Waals surface area (Å²) in [4.78, 5) is 19.8. The van der Waals surface area contributed by atoms with E-state index in [4.69, 9.17) is 4.98 Å². The number of piperidine rings is 1. The van der Waals surface area contributed by atoms with Crippen LogP contribution >= 0.6 is 0 Å². The molecule has 2 fully saturated rings. The first-order valence-electron chi connectivity index (χ1n) is 10.1. The summed E-state index contributed by atoms with van der Waals surface area (Å²) in [7, 11) is 0. The molecule has 2 saturated heterocycles. The third-order valence-electron chi connectivity index (χ3n) is 6.37. The van der Waals surface area contributed by atoms with Gasteiger partial charge in [0, 0.05) is 37.6 Å². The largest absolute Gasteiger partial charge is 0.350 e. The van der Waals surface area contributed by atoms with Crippen LogP contribution in [-0.4, -0.2) is 38.8 Å². The first-order valence-corrected chi connectivity index (χ1v) is 10.1. The van der Waals surface area contributed by atoms with Gasteiger partial charge < -0.3 is 9.72 Å². The van der Waals surface area contributed by atoms with Crippen molar-refractivity contribution in [1.29, 1.82) is 0 Å². The van der Waals surface area contributed by atoms with Crippen LogP contribution in [0.2, 0.25) is 0 Å². The van der Waals surface area contributed by atoms with E-state index in [1.165, 1.54) is 5.56 Å². The molecule has 1 spiro atoms. The minimum atomic E-state index is -0.0376. The van der Waals surface area contributed by atoms with Crippen LogP contribution in [0.25, 0.3) is 5.65 Å². The molecular weight excluding hydrogens is 348 g/mol. The van der Waals surface area contributed by atoms with Crippen molar-refractivity contribution in [3.8, 4) is 0 Å². The molecule has 3 aromatic rings. The van der Waals surface area contributed by atoms with Crippen LogP contribution in [-0.2, 0) is 11.3 Å². The molecule has 1 aromatic carbocycles. The molecular formula is C23H26N4O. The van der Waals surface area contributed by atoms with Gasteiger partial charge >= 0.3 is 0 Å². The van der Waals surface area contributed by atoms with Crippen molar-refractivity contribution < 1.29 is 4.79 Å². The number of rotatable bonds is 3. The number of imidazole rings is 1. The van der Waals surface area contributed by atoms with Gasteiger partial charge in [-0.05, 0) is 49.4 Å². The molecule has 2 aromatic heterocycles. The lowest BCUT2D eigenvalue weighted by Gasteiger charge is -2.39. The second-order valence-electron chi connectivity index (χ2n) is 8.41. The molecule has 5 nitrogen and oxygen atoms in total. The third-order valence-corrected chi connectivity index (χ3v) is 6.37. The number of fused-ring (bicyclic) bond motifs is 1. The number of likely N-dealkylation sites (tertiary alicyclic amines) is 1. The smallest absolute Gasteiger partial charge is 0.228 e. The van der Waals surface area contributed by atoms with E-state index < -0.39 is 0 Å². The molecule has 0 bridgehead atoms. The van der Waals surface area contributed by atoms with Gasteiger partial charge in [-0.25, -0.2) is 4.98 Å². The normalized spacial score (nSPS) is 22.0. The molecule has 5 rings (SSSR count). The van der Waals surface area contributed by atoms with Crippen molar-refractivity contribution in [2.45, 2.75) is 44.2 Å². The number of nitrogens with zero attached hydrogens (tertiary/aromatic N) is 3. The lowest BCUT2D eigenvalue weighted by Crippen LogP contribution is -2.50. The molecule has 2 aliphatic heterocycles. The Morgan fingerprint density at radius 2 is 1.96 bits per heavy atom. The van der Waals surface area contributed by atoms with Gasteiger partial charge in [-0.3, -0.25) is 9.69 Å². The summed E-state index contributed by atoms with van der Waals surface area (Å²) in [6.07, 6.45) is 7.13. The predicted octanol–water partition coefficient (Wildman–Crippen LogP) is 3.28. The van der Waals surface area contributed by atoms with Crippen molar-refractivity contribution in [1.82, 2.24) is 19.6 Å². The summed E-state index contributed by atoms with van der Waals surface area (Å²) < 4.78 is 2.09. The average molecular weight is 374 g/mol. The molecule has 2 aliphatic rings. The minimum Gasteiger partial charge on any atom is -0.350 e. The molecule has 0 saturated carbocycles. The molecule has 1 N–H and O–H groups in total. The fraction of sp³-hybridized carbons (Fsp3) is 0.391. The van der Waals surface area contributed by atoms with Crippen molar-refractivity contribution in [2.75, 3.05) is 13.1 Å². The number of nitrogens with one attached hydrogen (secondary N) is 1. The highest BCUT2D eigenvalue weighted by atomic mass is 16.2. The third kappa shape index (κ3) is 3.20. The lowest BCUT2D eigenvalue weighted by atomic mass is 9.82. The summed E-state index contributed by atoms with van der Waals surface area (Å²) in [6.45, 7) is 4.95. The molecule has 4 heterocycles. The van der Waals surface area contributed by atoms with Crippen molar-refractivity contribution in [3.63, 3.8) is 0 Å². The standard InChI is InChI=1S/C23H26N4O/c1-17-7-10-27-16-19(24-21(27)13-17)15-26-11-8-23(9-12-26)14-20(22(28)25-23)18-5-3-2-4-6-18/h2-7,10,13,16,20H,8-9,11-12,14-15H2,1H3,(H,25,28). The van der Waals surface area contributed by atoms with Gasteiger partial charge in [0.25, 0.3) is 0 Å². The monoisotopic (exact) mass is 374 g/mol. The number of aromatic nitrogens is 2. The number of carbonyl (C=O) groups is 1. The zero-order valence-corrected chi connectivity index (χ0v) is 16.3. The number of hydrogen-bond donors (Lipinski definition) is 1. The van der Waals surface area contributed by atoms with E-state index in [2.05, 4.69) is 58.2 Å². The van der Waals surface area contributed by atoms with Crippen molar-refractivity contribution >= 4 is 11.6 Å². The predicted molar refractivity (Wildman–Crippen MR) is 109 cm³/mol. The molecule has 0 aliphatic carbocycles. The number of carbonyl (C=O) groups excluding carboxylic acids is 1.